The zero-order valence-electron chi connectivity index (χ0n) is 9.51. The summed E-state index contributed by atoms with van der Waals surface area (Å²) in [4.78, 5) is 11.7. The first kappa shape index (κ1) is 12.2. The van der Waals surface area contributed by atoms with E-state index in [1.54, 1.807) is 0 Å². The van der Waals surface area contributed by atoms with Crippen LogP contribution in [0.4, 0.5) is 17.1 Å². The number of hydrogen-bond donors (Lipinski definition) is 2. The molecule has 1 aliphatic heterocycles. The van der Waals surface area contributed by atoms with Crippen LogP contribution < -0.4 is 11.1 Å². The molecule has 2 rings (SSSR count). The minimum absolute atomic E-state index is 0.0673. The van der Waals surface area contributed by atoms with E-state index in [0.29, 0.717) is 6.42 Å². The summed E-state index contributed by atoms with van der Waals surface area (Å²) in [6, 6.07) is 5.53. The Balaban J connectivity index is 2.08. The molecule has 0 fully saturated rings. The molecule has 0 aliphatic carbocycles. The van der Waals surface area contributed by atoms with Gasteiger partial charge in [0.15, 0.2) is 0 Å². The van der Waals surface area contributed by atoms with Crippen molar-refractivity contribution in [3.05, 3.63) is 18.2 Å². The van der Waals surface area contributed by atoms with Crippen LogP contribution in [0.25, 0.3) is 0 Å². The third kappa shape index (κ3) is 2.91. The van der Waals surface area contributed by atoms with Crippen molar-refractivity contribution in [3.8, 4) is 0 Å². The van der Waals surface area contributed by atoms with E-state index >= 15 is 0 Å². The van der Waals surface area contributed by atoms with Gasteiger partial charge in [-0.25, -0.2) is 0 Å². The topological polar surface area (TPSA) is 79.8 Å². The molecule has 0 saturated heterocycles. The molecule has 1 heterocycles. The summed E-state index contributed by atoms with van der Waals surface area (Å²) in [6.45, 7) is 1.97. The maximum atomic E-state index is 11.7. The monoisotopic (exact) mass is 298 g/mol. The summed E-state index contributed by atoms with van der Waals surface area (Å²) in [5.74, 6) is -0.0673. The van der Waals surface area contributed by atoms with E-state index in [-0.39, 0.29) is 26.5 Å². The van der Waals surface area contributed by atoms with Gasteiger partial charge < -0.3 is 0 Å². The van der Waals surface area contributed by atoms with Gasteiger partial charge in [0.1, 0.15) is 0 Å². The van der Waals surface area contributed by atoms with E-state index in [9.17, 15) is 4.79 Å². The van der Waals surface area contributed by atoms with E-state index < -0.39 is 0 Å². The van der Waals surface area contributed by atoms with E-state index in [4.69, 9.17) is 5.73 Å². The number of rotatable bonds is 4. The van der Waals surface area contributed by atoms with Crippen LogP contribution in [-0.4, -0.2) is 26.5 Å². The summed E-state index contributed by atoms with van der Waals surface area (Å²) in [6.07, 6.45) is 1.13. The molecule has 3 N–H and O–H groups in total. The molecule has 6 heteroatoms. The Morgan fingerprint density at radius 2 is 2.35 bits per heavy atom. The second-order valence-electron chi connectivity index (χ2n) is 3.86. The zero-order valence-corrected chi connectivity index (χ0v) is 11.2. The van der Waals surface area contributed by atoms with Crippen LogP contribution >= 0.6 is 0 Å². The van der Waals surface area contributed by atoms with E-state index in [1.165, 1.54) is 0 Å². The normalized spacial score (nSPS) is 14.0. The van der Waals surface area contributed by atoms with Crippen molar-refractivity contribution < 1.29 is 4.79 Å². The van der Waals surface area contributed by atoms with Gasteiger partial charge in [-0.3, -0.25) is 0 Å². The van der Waals surface area contributed by atoms with Gasteiger partial charge in [0.2, 0.25) is 0 Å². The van der Waals surface area contributed by atoms with Gasteiger partial charge in [-0.15, -0.1) is 0 Å². The number of nitrogens with two attached hydrogens (primary N) is 1. The average molecular weight is 297 g/mol. The molecule has 1 amide bonds. The number of nitrogens with one attached hydrogen (secondary N) is 1. The summed E-state index contributed by atoms with van der Waals surface area (Å²) in [5, 5.41) is 2.84. The third-order valence-electron chi connectivity index (χ3n) is 2.53. The average Bonchev–Trinajstić information content (AvgIpc) is 2.78. The van der Waals surface area contributed by atoms with Crippen LogP contribution in [0.2, 0.25) is 0 Å². The zero-order chi connectivity index (χ0) is 12.3. The van der Waals surface area contributed by atoms with Crippen molar-refractivity contribution >= 4 is 37.5 Å². The van der Waals surface area contributed by atoms with Crippen molar-refractivity contribution in [2.24, 2.45) is 13.7 Å². The fourth-order valence-corrected chi connectivity index (χ4v) is 2.64. The molecule has 1 atom stereocenters. The molecule has 1 unspecified atom stereocenters. The van der Waals surface area contributed by atoms with Gasteiger partial charge in [0.05, 0.1) is 0 Å². The molecular weight excluding hydrogens is 283 g/mol. The Bertz CT molecular complexity index is 508. The number of carbonyl (C=O) groups is 1. The quantitative estimate of drug-likeness (QED) is 0.847. The van der Waals surface area contributed by atoms with Gasteiger partial charge in [0, 0.05) is 0 Å². The molecule has 90 valence electrons. The SMILES string of the molecule is CCC(N)CC(=O)Nc1cccc2c1N=[Se]=N2. The second kappa shape index (κ2) is 5.40. The number of carbonyl (C=O) groups excluding carboxylic acids is 1. The van der Waals surface area contributed by atoms with Gasteiger partial charge in [-0.1, -0.05) is 0 Å². The van der Waals surface area contributed by atoms with Crippen molar-refractivity contribution in [2.45, 2.75) is 25.8 Å². The van der Waals surface area contributed by atoms with Crippen molar-refractivity contribution in [2.75, 3.05) is 5.32 Å². The molecule has 1 aliphatic rings. The third-order valence-corrected chi connectivity index (χ3v) is 3.67. The molecule has 1 aromatic rings. The van der Waals surface area contributed by atoms with Gasteiger partial charge in [-0.2, -0.15) is 0 Å². The van der Waals surface area contributed by atoms with E-state index in [2.05, 4.69) is 13.2 Å². The standard InChI is InChI=1S/C11H14N4OSe/c1-2-7(12)6-10(16)13-8-4-3-5-9-11(8)15-17-14-9/h3-5,7H,2,6,12H2,1H3,(H,13,16). The molecule has 0 radical (unpaired) electrons. The van der Waals surface area contributed by atoms with Crippen molar-refractivity contribution in [1.82, 2.24) is 0 Å². The molecule has 0 bridgehead atoms. The van der Waals surface area contributed by atoms with Gasteiger partial charge in [-0.05, 0) is 0 Å². The van der Waals surface area contributed by atoms with E-state index in [1.807, 2.05) is 25.1 Å². The fraction of sp³-hybridized carbons (Fsp3) is 0.364. The Morgan fingerprint density at radius 3 is 3.12 bits per heavy atom. The Hall–Kier alpha value is -1.23. The van der Waals surface area contributed by atoms with Crippen molar-refractivity contribution in [3.63, 3.8) is 0 Å². The van der Waals surface area contributed by atoms with Crippen LogP contribution in [0.1, 0.15) is 19.8 Å². The number of fused-ring (bicyclic) bond motifs is 1. The molecule has 0 saturated carbocycles. The van der Waals surface area contributed by atoms with Crippen LogP contribution in [0.3, 0.4) is 0 Å². The number of nitrogens with zero attached hydrogens (tertiary/aromatic N) is 2. The van der Waals surface area contributed by atoms with Gasteiger partial charge in [0.25, 0.3) is 0 Å². The summed E-state index contributed by atoms with van der Waals surface area (Å²) < 4.78 is 8.57. The first-order valence-electron chi connectivity index (χ1n) is 5.47. The number of hydrogen-bond acceptors (Lipinski definition) is 4. The van der Waals surface area contributed by atoms with E-state index in [0.717, 1.165) is 23.5 Å². The minimum atomic E-state index is -0.0856. The van der Waals surface area contributed by atoms with Crippen LogP contribution in [-0.2, 0) is 4.79 Å². The molecule has 17 heavy (non-hydrogen) atoms. The molecule has 0 aromatic heterocycles. The Kier molecular flexibility index (Phi) is 3.89. The summed E-state index contributed by atoms with van der Waals surface area (Å²) >= 11 is -0.0804. The second-order valence-corrected chi connectivity index (χ2v) is 4.97. The number of anilines is 1. The number of benzene rings is 1. The van der Waals surface area contributed by atoms with Crippen LogP contribution in [0, 0.1) is 0 Å². The van der Waals surface area contributed by atoms with Gasteiger partial charge >= 0.3 is 105 Å². The predicted molar refractivity (Wildman–Crippen MR) is 67.9 cm³/mol. The van der Waals surface area contributed by atoms with Crippen LogP contribution in [0.5, 0.6) is 0 Å². The molecule has 5 nitrogen and oxygen atoms in total. The summed E-state index contributed by atoms with van der Waals surface area (Å²) in [7, 11) is 0. The molecule has 0 spiro atoms. The van der Waals surface area contributed by atoms with Crippen molar-refractivity contribution in [1.29, 1.82) is 0 Å². The first-order chi connectivity index (χ1) is 8.20. The molecule has 1 aromatic carbocycles. The number of amides is 1. The fourth-order valence-electron chi connectivity index (χ4n) is 1.49. The first-order valence-corrected chi connectivity index (χ1v) is 7.00. The Labute approximate surface area is 106 Å². The maximum absolute atomic E-state index is 11.7. The summed E-state index contributed by atoms with van der Waals surface area (Å²) in [5.41, 5.74) is 8.14. The Morgan fingerprint density at radius 1 is 1.53 bits per heavy atom. The predicted octanol–water partition coefficient (Wildman–Crippen LogP) is 2.10. The van der Waals surface area contributed by atoms with Crippen LogP contribution in [0.15, 0.2) is 26.1 Å². The molecular formula is C11H14N4OSe.